The van der Waals surface area contributed by atoms with Crippen LogP contribution in [0.25, 0.3) is 5.69 Å². The van der Waals surface area contributed by atoms with Crippen LogP contribution in [0.15, 0.2) is 54.9 Å². The molecule has 2 N–H and O–H groups in total. The topological polar surface area (TPSA) is 127 Å². The molecule has 1 fully saturated rings. The van der Waals surface area contributed by atoms with Crippen molar-refractivity contribution in [2.24, 2.45) is 0 Å². The average molecular weight is 515 g/mol. The summed E-state index contributed by atoms with van der Waals surface area (Å²) in [4.78, 5) is 30.5. The van der Waals surface area contributed by atoms with Crippen LogP contribution in [0.2, 0.25) is 0 Å². The van der Waals surface area contributed by atoms with Gasteiger partial charge < -0.3 is 20.2 Å². The summed E-state index contributed by atoms with van der Waals surface area (Å²) in [6.07, 6.45) is -1.59. The van der Waals surface area contributed by atoms with E-state index in [4.69, 9.17) is 15.2 Å². The number of pyridine rings is 1. The van der Waals surface area contributed by atoms with Crippen LogP contribution in [-0.2, 0) is 11.3 Å². The monoisotopic (exact) mass is 515 g/mol. The molecule has 3 aromatic rings. The van der Waals surface area contributed by atoms with E-state index < -0.39 is 12.1 Å². The number of rotatable bonds is 5. The van der Waals surface area contributed by atoms with Gasteiger partial charge in [-0.2, -0.15) is 23.5 Å². The van der Waals surface area contributed by atoms with Gasteiger partial charge in [-0.15, -0.1) is 0 Å². The lowest BCUT2D eigenvalue weighted by molar-refractivity contribution is -0.192. The van der Waals surface area contributed by atoms with E-state index in [1.165, 1.54) is 0 Å². The van der Waals surface area contributed by atoms with Crippen molar-refractivity contribution < 1.29 is 27.9 Å². The fraction of sp³-hybridized carbons (Fsp3) is 0.292. The Morgan fingerprint density at radius 3 is 2.49 bits per heavy atom. The highest BCUT2D eigenvalue weighted by atomic mass is 19.4. The third-order valence-electron chi connectivity index (χ3n) is 5.39. The molecule has 1 amide bonds. The lowest BCUT2D eigenvalue weighted by atomic mass is 10.2. The van der Waals surface area contributed by atoms with Gasteiger partial charge in [0.15, 0.2) is 5.69 Å². The van der Waals surface area contributed by atoms with Gasteiger partial charge in [-0.3, -0.25) is 4.79 Å². The van der Waals surface area contributed by atoms with E-state index in [-0.39, 0.29) is 5.91 Å². The molecule has 0 radical (unpaired) electrons. The van der Waals surface area contributed by atoms with Crippen molar-refractivity contribution >= 4 is 17.7 Å². The Balaban J connectivity index is 0.000000479. The summed E-state index contributed by atoms with van der Waals surface area (Å²) in [7, 11) is 2.12. The lowest BCUT2D eigenvalue weighted by Crippen LogP contribution is -2.44. The number of hydrogen-bond acceptors (Lipinski definition) is 7. The van der Waals surface area contributed by atoms with Gasteiger partial charge in [-0.05, 0) is 49.0 Å². The van der Waals surface area contributed by atoms with Crippen LogP contribution in [-0.4, -0.2) is 76.1 Å². The Bertz CT molecular complexity index is 1280. The minimum Gasteiger partial charge on any atom is -0.475 e. The summed E-state index contributed by atoms with van der Waals surface area (Å²) in [6, 6.07) is 14.8. The first kappa shape index (κ1) is 27.2. The second-order valence-electron chi connectivity index (χ2n) is 8.11. The number of halogens is 3. The number of nitrogens with zero attached hydrogens (tertiary/aromatic N) is 6. The van der Waals surface area contributed by atoms with Crippen LogP contribution in [0.4, 0.5) is 19.0 Å². The Morgan fingerprint density at radius 2 is 1.84 bits per heavy atom. The zero-order chi connectivity index (χ0) is 27.0. The number of nitrogens with one attached hydrogen (secondary N) is 1. The normalized spacial score (nSPS) is 13.8. The van der Waals surface area contributed by atoms with Crippen molar-refractivity contribution in [2.45, 2.75) is 12.7 Å². The Morgan fingerprint density at radius 1 is 1.14 bits per heavy atom. The number of aromatic nitrogens is 3. The number of amides is 1. The first-order chi connectivity index (χ1) is 17.6. The standard InChI is InChI=1S/C22H23N7O.C2HF3O2/c1-27-9-11-28(12-10-27)21-14-18(5-7-24-21)16-25-22(30)20-6-8-29(26-20)19-4-2-3-17(13-19)15-23;3-2(4,5)1(6)7/h2-8,13-14H,9-12,16H2,1H3,(H,25,30);(H,6,7). The van der Waals surface area contributed by atoms with Crippen LogP contribution in [0.3, 0.4) is 0 Å². The molecule has 1 aromatic carbocycles. The molecule has 0 unspecified atom stereocenters. The van der Waals surface area contributed by atoms with Gasteiger partial charge in [0.05, 0.1) is 17.3 Å². The number of piperazine rings is 1. The lowest BCUT2D eigenvalue weighted by Gasteiger charge is -2.33. The van der Waals surface area contributed by atoms with E-state index in [1.54, 1.807) is 41.3 Å². The summed E-state index contributed by atoms with van der Waals surface area (Å²) < 4.78 is 33.3. The highest BCUT2D eigenvalue weighted by Gasteiger charge is 2.38. The number of anilines is 1. The third-order valence-corrected chi connectivity index (χ3v) is 5.39. The maximum absolute atomic E-state index is 12.5. The molecule has 2 aromatic heterocycles. The predicted molar refractivity (Wildman–Crippen MR) is 127 cm³/mol. The summed E-state index contributed by atoms with van der Waals surface area (Å²) >= 11 is 0. The summed E-state index contributed by atoms with van der Waals surface area (Å²) in [6.45, 7) is 4.33. The Labute approximate surface area is 210 Å². The van der Waals surface area contributed by atoms with Gasteiger partial charge in [0, 0.05) is 45.1 Å². The minimum absolute atomic E-state index is 0.247. The van der Waals surface area contributed by atoms with Gasteiger partial charge in [-0.1, -0.05) is 6.07 Å². The largest absolute Gasteiger partial charge is 0.490 e. The number of alkyl halides is 3. The maximum Gasteiger partial charge on any atom is 0.490 e. The average Bonchev–Trinajstić information content (AvgIpc) is 3.38. The molecular weight excluding hydrogens is 491 g/mol. The molecule has 13 heteroatoms. The Hall–Kier alpha value is -4.44. The molecule has 0 saturated carbocycles. The number of carboxylic acid groups (broad SMARTS) is 1. The molecule has 0 aliphatic carbocycles. The smallest absolute Gasteiger partial charge is 0.475 e. The molecule has 0 spiro atoms. The zero-order valence-electron chi connectivity index (χ0n) is 19.8. The summed E-state index contributed by atoms with van der Waals surface area (Å²) in [5.41, 5.74) is 2.60. The number of likely N-dealkylation sites (N-methyl/N-ethyl adjacent to an activating group) is 1. The van der Waals surface area contributed by atoms with Gasteiger partial charge in [0.2, 0.25) is 0 Å². The minimum atomic E-state index is -5.08. The zero-order valence-corrected chi connectivity index (χ0v) is 19.8. The fourth-order valence-corrected chi connectivity index (χ4v) is 3.36. The highest BCUT2D eigenvalue weighted by Crippen LogP contribution is 2.15. The van der Waals surface area contributed by atoms with E-state index in [0.717, 1.165) is 43.2 Å². The van der Waals surface area contributed by atoms with Crippen LogP contribution in [0.1, 0.15) is 21.6 Å². The number of aliphatic carboxylic acids is 1. The Kier molecular flexibility index (Phi) is 8.81. The molecule has 4 rings (SSSR count). The second kappa shape index (κ2) is 12.0. The number of carbonyl (C=O) groups is 2. The number of nitriles is 1. The van der Waals surface area contributed by atoms with Crippen molar-refractivity contribution in [2.75, 3.05) is 38.1 Å². The van der Waals surface area contributed by atoms with E-state index in [9.17, 15) is 18.0 Å². The highest BCUT2D eigenvalue weighted by molar-refractivity contribution is 5.92. The van der Waals surface area contributed by atoms with Crippen molar-refractivity contribution in [3.05, 3.63) is 71.7 Å². The van der Waals surface area contributed by atoms with Gasteiger partial charge in [-0.25, -0.2) is 14.5 Å². The first-order valence-electron chi connectivity index (χ1n) is 11.1. The van der Waals surface area contributed by atoms with Crippen LogP contribution >= 0.6 is 0 Å². The van der Waals surface area contributed by atoms with Crippen molar-refractivity contribution in [1.29, 1.82) is 5.26 Å². The molecule has 1 saturated heterocycles. The SMILES string of the molecule is CN1CCN(c2cc(CNC(=O)c3ccn(-c4cccc(C#N)c4)n3)ccn2)CC1.O=C(O)C(F)(F)F. The van der Waals surface area contributed by atoms with Gasteiger partial charge in [0.1, 0.15) is 5.82 Å². The molecule has 3 heterocycles. The number of hydrogen-bond donors (Lipinski definition) is 2. The number of carboxylic acids is 1. The van der Waals surface area contributed by atoms with Gasteiger partial charge in [0.25, 0.3) is 5.91 Å². The first-order valence-corrected chi connectivity index (χ1v) is 11.1. The van der Waals surface area contributed by atoms with E-state index in [2.05, 4.69) is 38.3 Å². The molecule has 1 aliphatic rings. The fourth-order valence-electron chi connectivity index (χ4n) is 3.36. The van der Waals surface area contributed by atoms with Crippen molar-refractivity contribution in [1.82, 2.24) is 25.0 Å². The van der Waals surface area contributed by atoms with Crippen LogP contribution in [0.5, 0.6) is 0 Å². The van der Waals surface area contributed by atoms with E-state index >= 15 is 0 Å². The molecule has 10 nitrogen and oxygen atoms in total. The second-order valence-corrected chi connectivity index (χ2v) is 8.11. The summed E-state index contributed by atoms with van der Waals surface area (Å²) in [5, 5.41) is 23.4. The number of carbonyl (C=O) groups excluding carboxylic acids is 1. The molecule has 1 aliphatic heterocycles. The van der Waals surface area contributed by atoms with Crippen LogP contribution < -0.4 is 10.2 Å². The molecule has 0 atom stereocenters. The number of benzene rings is 1. The third kappa shape index (κ3) is 7.77. The van der Waals surface area contributed by atoms with Crippen molar-refractivity contribution in [3.63, 3.8) is 0 Å². The van der Waals surface area contributed by atoms with Gasteiger partial charge >= 0.3 is 12.1 Å². The molecular formula is C24H24F3N7O3. The maximum atomic E-state index is 12.5. The van der Waals surface area contributed by atoms with Crippen molar-refractivity contribution in [3.8, 4) is 11.8 Å². The molecule has 0 bridgehead atoms. The van der Waals surface area contributed by atoms with E-state index in [1.807, 2.05) is 18.2 Å². The summed E-state index contributed by atoms with van der Waals surface area (Å²) in [5.74, 6) is -2.06. The quantitative estimate of drug-likeness (QED) is 0.531. The van der Waals surface area contributed by atoms with Crippen LogP contribution in [0, 0.1) is 11.3 Å². The van der Waals surface area contributed by atoms with E-state index in [0.29, 0.717) is 17.8 Å². The molecule has 194 valence electrons. The molecule has 37 heavy (non-hydrogen) atoms. The predicted octanol–water partition coefficient (Wildman–Crippen LogP) is 2.45.